The van der Waals surface area contributed by atoms with Crippen molar-refractivity contribution >= 4 is 31.5 Å². The van der Waals surface area contributed by atoms with Crippen molar-refractivity contribution in [3.05, 3.63) is 157 Å². The van der Waals surface area contributed by atoms with Gasteiger partial charge in [-0.25, -0.2) is 9.97 Å². The molecule has 0 fully saturated rings. The van der Waals surface area contributed by atoms with E-state index in [0.29, 0.717) is 11.4 Å². The molecule has 0 unspecified atom stereocenters. The summed E-state index contributed by atoms with van der Waals surface area (Å²) in [6, 6.07) is 54.4. The van der Waals surface area contributed by atoms with E-state index in [1.807, 2.05) is 72.0 Å². The molecule has 0 aliphatic heterocycles. The predicted molar refractivity (Wildman–Crippen MR) is 187 cm³/mol. The summed E-state index contributed by atoms with van der Waals surface area (Å²) >= 11 is 1.84. The summed E-state index contributed by atoms with van der Waals surface area (Å²) in [7, 11) is 0. The molecule has 45 heavy (non-hydrogen) atoms. The second-order valence-corrected chi connectivity index (χ2v) is 12.0. The van der Waals surface area contributed by atoms with E-state index in [1.54, 1.807) is 0 Å². The van der Waals surface area contributed by atoms with Gasteiger partial charge in [0.15, 0.2) is 5.82 Å². The smallest absolute Gasteiger partial charge is 0.160 e. The van der Waals surface area contributed by atoms with Crippen LogP contribution in [0.25, 0.3) is 76.3 Å². The van der Waals surface area contributed by atoms with E-state index in [4.69, 9.17) is 9.97 Å². The molecule has 8 aromatic rings. The molecule has 0 aliphatic carbocycles. The van der Waals surface area contributed by atoms with Crippen molar-refractivity contribution in [1.82, 2.24) is 9.97 Å². The first-order chi connectivity index (χ1) is 22.2. The molecule has 6 aromatic carbocycles. The van der Waals surface area contributed by atoms with Gasteiger partial charge in [0, 0.05) is 36.9 Å². The Morgan fingerprint density at radius 1 is 0.467 bits per heavy atom. The summed E-state index contributed by atoms with van der Waals surface area (Å²) in [5.41, 5.74) is 9.78. The molecule has 2 aromatic heterocycles. The maximum absolute atomic E-state index is 9.36. The Hall–Kier alpha value is -5.89. The van der Waals surface area contributed by atoms with Gasteiger partial charge in [0.25, 0.3) is 0 Å². The number of hydrogen-bond acceptors (Lipinski definition) is 4. The van der Waals surface area contributed by atoms with Crippen LogP contribution in [0.15, 0.2) is 152 Å². The predicted octanol–water partition coefficient (Wildman–Crippen LogP) is 11.1. The van der Waals surface area contributed by atoms with Gasteiger partial charge in [0.2, 0.25) is 0 Å². The van der Waals surface area contributed by atoms with Crippen LogP contribution in [0.4, 0.5) is 0 Å². The molecule has 0 saturated carbocycles. The van der Waals surface area contributed by atoms with Crippen molar-refractivity contribution in [2.45, 2.75) is 0 Å². The summed E-state index contributed by atoms with van der Waals surface area (Å²) in [6.45, 7) is 0. The highest BCUT2D eigenvalue weighted by Crippen LogP contribution is 2.42. The number of hydrogen-bond donors (Lipinski definition) is 0. The number of benzene rings is 6. The molecule has 0 saturated heterocycles. The fraction of sp³-hybridized carbons (Fsp3) is 0. The standard InChI is InChI=1S/C41H25N3S/c42-26-27-18-20-29(21-19-27)37-25-38(44-41(43-37)30-12-5-2-6-13-30)33-23-31(28-10-3-1-4-11-28)22-32(24-33)34-15-9-16-36-35-14-7-8-17-39(35)45-40(34)36/h1-25H. The first kappa shape index (κ1) is 26.7. The van der Waals surface area contributed by atoms with Crippen LogP contribution in [0.2, 0.25) is 0 Å². The molecule has 3 nitrogen and oxygen atoms in total. The van der Waals surface area contributed by atoms with Crippen LogP contribution in [-0.4, -0.2) is 9.97 Å². The number of nitriles is 1. The number of nitrogens with zero attached hydrogens (tertiary/aromatic N) is 3. The average molecular weight is 592 g/mol. The number of aromatic nitrogens is 2. The van der Waals surface area contributed by atoms with Crippen molar-refractivity contribution in [3.8, 4) is 62.2 Å². The Bertz CT molecular complexity index is 2370. The highest BCUT2D eigenvalue weighted by molar-refractivity contribution is 7.26. The fourth-order valence-electron chi connectivity index (χ4n) is 5.88. The summed E-state index contributed by atoms with van der Waals surface area (Å²) in [5.74, 6) is 0.658. The number of fused-ring (bicyclic) bond motifs is 3. The Morgan fingerprint density at radius 2 is 1.09 bits per heavy atom. The van der Waals surface area contributed by atoms with Gasteiger partial charge < -0.3 is 0 Å². The quantitative estimate of drug-likeness (QED) is 0.200. The molecule has 0 aliphatic rings. The van der Waals surface area contributed by atoms with Crippen LogP contribution in [0.5, 0.6) is 0 Å². The van der Waals surface area contributed by atoms with Gasteiger partial charge in [-0.05, 0) is 64.7 Å². The topological polar surface area (TPSA) is 49.6 Å². The van der Waals surface area contributed by atoms with E-state index in [-0.39, 0.29) is 0 Å². The molecule has 4 heteroatoms. The zero-order valence-electron chi connectivity index (χ0n) is 24.2. The lowest BCUT2D eigenvalue weighted by Crippen LogP contribution is -1.96. The molecule has 0 bridgehead atoms. The van der Waals surface area contributed by atoms with Gasteiger partial charge in [0.05, 0.1) is 23.0 Å². The van der Waals surface area contributed by atoms with Crippen LogP contribution in [0, 0.1) is 11.3 Å². The monoisotopic (exact) mass is 591 g/mol. The third-order valence-electron chi connectivity index (χ3n) is 8.12. The lowest BCUT2D eigenvalue weighted by Gasteiger charge is -2.13. The maximum atomic E-state index is 9.36. The molecule has 0 N–H and O–H groups in total. The van der Waals surface area contributed by atoms with Crippen LogP contribution in [0.1, 0.15) is 5.56 Å². The second-order valence-electron chi connectivity index (χ2n) is 11.0. The third-order valence-corrected chi connectivity index (χ3v) is 9.34. The van der Waals surface area contributed by atoms with E-state index in [9.17, 15) is 5.26 Å². The van der Waals surface area contributed by atoms with Gasteiger partial charge in [-0.15, -0.1) is 11.3 Å². The van der Waals surface area contributed by atoms with Crippen LogP contribution in [0.3, 0.4) is 0 Å². The minimum absolute atomic E-state index is 0.618. The molecular formula is C41H25N3S. The first-order valence-electron chi connectivity index (χ1n) is 14.8. The number of rotatable bonds is 5. The van der Waals surface area contributed by atoms with E-state index in [2.05, 4.69) is 97.1 Å². The summed E-state index contributed by atoms with van der Waals surface area (Å²) in [6.07, 6.45) is 0. The lowest BCUT2D eigenvalue weighted by atomic mass is 9.94. The van der Waals surface area contributed by atoms with Crippen molar-refractivity contribution in [1.29, 1.82) is 5.26 Å². The van der Waals surface area contributed by atoms with Crippen LogP contribution >= 0.6 is 11.3 Å². The van der Waals surface area contributed by atoms with E-state index < -0.39 is 0 Å². The number of thiophene rings is 1. The van der Waals surface area contributed by atoms with Crippen LogP contribution < -0.4 is 0 Å². The highest BCUT2D eigenvalue weighted by Gasteiger charge is 2.16. The first-order valence-corrected chi connectivity index (χ1v) is 15.6. The molecule has 8 rings (SSSR count). The highest BCUT2D eigenvalue weighted by atomic mass is 32.1. The average Bonchev–Trinajstić information content (AvgIpc) is 3.51. The Balaban J connectivity index is 1.37. The molecule has 210 valence electrons. The van der Waals surface area contributed by atoms with E-state index in [0.717, 1.165) is 44.8 Å². The minimum Gasteiger partial charge on any atom is -0.228 e. The van der Waals surface area contributed by atoms with Gasteiger partial charge in [-0.3, -0.25) is 0 Å². The fourth-order valence-corrected chi connectivity index (χ4v) is 7.12. The van der Waals surface area contributed by atoms with Gasteiger partial charge in [-0.2, -0.15) is 5.26 Å². The molecule has 2 heterocycles. The van der Waals surface area contributed by atoms with Gasteiger partial charge in [-0.1, -0.05) is 109 Å². The molecule has 0 spiro atoms. The molecule has 0 radical (unpaired) electrons. The van der Waals surface area contributed by atoms with Crippen molar-refractivity contribution in [3.63, 3.8) is 0 Å². The van der Waals surface area contributed by atoms with E-state index in [1.165, 1.54) is 25.7 Å². The largest absolute Gasteiger partial charge is 0.228 e. The SMILES string of the molecule is N#Cc1ccc(-c2cc(-c3cc(-c4ccccc4)cc(-c4cccc5c4sc4ccccc45)c3)nc(-c3ccccc3)n2)cc1. The lowest BCUT2D eigenvalue weighted by molar-refractivity contribution is 1.18. The molecule has 0 amide bonds. The Kier molecular flexibility index (Phi) is 6.72. The van der Waals surface area contributed by atoms with Crippen LogP contribution in [-0.2, 0) is 0 Å². The van der Waals surface area contributed by atoms with Crippen molar-refractivity contribution in [2.24, 2.45) is 0 Å². The summed E-state index contributed by atoms with van der Waals surface area (Å²) < 4.78 is 2.57. The van der Waals surface area contributed by atoms with Gasteiger partial charge >= 0.3 is 0 Å². The second kappa shape index (κ2) is 11.3. The molecular weight excluding hydrogens is 567 g/mol. The zero-order valence-corrected chi connectivity index (χ0v) is 25.0. The third kappa shape index (κ3) is 5.06. The summed E-state index contributed by atoms with van der Waals surface area (Å²) in [5, 5.41) is 11.9. The Labute approximate surface area is 265 Å². The van der Waals surface area contributed by atoms with Crippen molar-refractivity contribution < 1.29 is 0 Å². The molecule has 0 atom stereocenters. The normalized spacial score (nSPS) is 11.1. The maximum Gasteiger partial charge on any atom is 0.160 e. The van der Waals surface area contributed by atoms with E-state index >= 15 is 0 Å². The zero-order chi connectivity index (χ0) is 30.2. The Morgan fingerprint density at radius 3 is 1.84 bits per heavy atom. The summed E-state index contributed by atoms with van der Waals surface area (Å²) in [4.78, 5) is 10.1. The van der Waals surface area contributed by atoms with Gasteiger partial charge in [0.1, 0.15) is 0 Å². The minimum atomic E-state index is 0.618. The van der Waals surface area contributed by atoms with Crippen molar-refractivity contribution in [2.75, 3.05) is 0 Å².